The molecule has 1 aliphatic heterocycles. The molecule has 4 heteroatoms. The third kappa shape index (κ3) is 2.60. The van der Waals surface area contributed by atoms with Crippen LogP contribution in [0.2, 0.25) is 0 Å². The molecule has 0 aromatic heterocycles. The number of carbonyl (C=O) groups is 2. The second-order valence-electron chi connectivity index (χ2n) is 11.6. The molecule has 0 radical (unpaired) electrons. The van der Waals surface area contributed by atoms with E-state index in [1.807, 2.05) is 6.08 Å². The predicted octanol–water partition coefficient (Wildman–Crippen LogP) is 5.82. The molecule has 0 bridgehead atoms. The van der Waals surface area contributed by atoms with Crippen molar-refractivity contribution in [1.29, 1.82) is 0 Å². The summed E-state index contributed by atoms with van der Waals surface area (Å²) in [5.41, 5.74) is 1.18. The van der Waals surface area contributed by atoms with Crippen molar-refractivity contribution in [2.24, 2.45) is 40.4 Å². The van der Waals surface area contributed by atoms with Crippen LogP contribution in [0.25, 0.3) is 0 Å². The predicted molar refractivity (Wildman–Crippen MR) is 113 cm³/mol. The van der Waals surface area contributed by atoms with E-state index in [2.05, 4.69) is 20.8 Å². The molecule has 0 aromatic rings. The summed E-state index contributed by atoms with van der Waals surface area (Å²) in [6, 6.07) is 0. The van der Waals surface area contributed by atoms with Crippen LogP contribution in [0, 0.1) is 40.4 Å². The van der Waals surface area contributed by atoms with Gasteiger partial charge in [-0.3, -0.25) is 14.0 Å². The SMILES string of the molecule is C[C@@H]1CC2C3C(CC[C@]2(C)[C@]12CCC(=O)O2)[C@@]1(C)CCC(=O)C=C1C[C@H]3CCC[18F]. The lowest BCUT2D eigenvalue weighted by Crippen LogP contribution is -2.57. The van der Waals surface area contributed by atoms with Crippen molar-refractivity contribution >= 4 is 11.8 Å². The van der Waals surface area contributed by atoms with Crippen molar-refractivity contribution in [3.8, 4) is 0 Å². The fourth-order valence-corrected chi connectivity index (χ4v) is 9.10. The topological polar surface area (TPSA) is 43.4 Å². The molecule has 5 rings (SSSR count). The maximum absolute atomic E-state index is 13.2. The molecule has 3 nitrogen and oxygen atoms in total. The number of esters is 1. The number of ketones is 1. The molecule has 166 valence electrons. The number of ether oxygens (including phenoxy) is 1. The maximum Gasteiger partial charge on any atom is 0.306 e. The van der Waals surface area contributed by atoms with Crippen molar-refractivity contribution in [3.63, 3.8) is 0 Å². The minimum Gasteiger partial charge on any atom is -0.458 e. The quantitative estimate of drug-likeness (QED) is 0.546. The van der Waals surface area contributed by atoms with Crippen LogP contribution in [0.4, 0.5) is 4.39 Å². The highest BCUT2D eigenvalue weighted by Crippen LogP contribution is 2.72. The van der Waals surface area contributed by atoms with Crippen molar-refractivity contribution in [2.75, 3.05) is 6.67 Å². The number of rotatable bonds is 3. The van der Waals surface area contributed by atoms with Crippen LogP contribution in [0.15, 0.2) is 11.6 Å². The smallest absolute Gasteiger partial charge is 0.306 e. The van der Waals surface area contributed by atoms with Crippen molar-refractivity contribution in [3.05, 3.63) is 11.6 Å². The van der Waals surface area contributed by atoms with Gasteiger partial charge < -0.3 is 4.74 Å². The Bertz CT molecular complexity index is 789. The van der Waals surface area contributed by atoms with Gasteiger partial charge in [0.1, 0.15) is 5.60 Å². The van der Waals surface area contributed by atoms with E-state index in [1.165, 1.54) is 5.57 Å². The van der Waals surface area contributed by atoms with E-state index >= 15 is 0 Å². The molecular weight excluding hydrogens is 378 g/mol. The molecule has 3 unspecified atom stereocenters. The summed E-state index contributed by atoms with van der Waals surface area (Å²) in [4.78, 5) is 24.5. The second kappa shape index (κ2) is 6.90. The van der Waals surface area contributed by atoms with Crippen LogP contribution < -0.4 is 0 Å². The molecule has 4 aliphatic carbocycles. The van der Waals surface area contributed by atoms with Gasteiger partial charge >= 0.3 is 5.97 Å². The van der Waals surface area contributed by atoms with E-state index in [-0.39, 0.29) is 34.9 Å². The molecule has 0 aromatic carbocycles. The molecule has 8 atom stereocenters. The highest BCUT2D eigenvalue weighted by atomic mass is 18.2. The summed E-state index contributed by atoms with van der Waals surface area (Å²) < 4.78 is 19.4. The molecule has 1 spiro atoms. The van der Waals surface area contributed by atoms with E-state index < -0.39 is 0 Å². The van der Waals surface area contributed by atoms with Gasteiger partial charge in [0.05, 0.1) is 6.67 Å². The summed E-state index contributed by atoms with van der Waals surface area (Å²) in [7, 11) is 0. The van der Waals surface area contributed by atoms with Gasteiger partial charge in [-0.15, -0.1) is 0 Å². The first-order valence-electron chi connectivity index (χ1n) is 12.3. The molecule has 1 saturated heterocycles. The van der Waals surface area contributed by atoms with Gasteiger partial charge in [0.25, 0.3) is 0 Å². The molecule has 0 N–H and O–H groups in total. The number of alkyl halides is 1. The van der Waals surface area contributed by atoms with Crippen molar-refractivity contribution in [1.82, 2.24) is 0 Å². The first-order valence-corrected chi connectivity index (χ1v) is 12.3. The Balaban J connectivity index is 1.56. The van der Waals surface area contributed by atoms with E-state index in [0.717, 1.165) is 44.9 Å². The lowest BCUT2D eigenvalue weighted by atomic mass is 9.43. The maximum atomic E-state index is 13.2. The summed E-state index contributed by atoms with van der Waals surface area (Å²) in [5.74, 6) is 2.72. The number of halogens is 1. The van der Waals surface area contributed by atoms with E-state index in [4.69, 9.17) is 4.74 Å². The van der Waals surface area contributed by atoms with Gasteiger partial charge in [-0.05, 0) is 92.4 Å². The lowest BCUT2D eigenvalue weighted by molar-refractivity contribution is -0.176. The Labute approximate surface area is 180 Å². The second-order valence-corrected chi connectivity index (χ2v) is 11.6. The fourth-order valence-electron chi connectivity index (χ4n) is 9.10. The van der Waals surface area contributed by atoms with Crippen LogP contribution in [0.5, 0.6) is 0 Å². The molecule has 0 amide bonds. The van der Waals surface area contributed by atoms with Gasteiger partial charge in [-0.2, -0.15) is 0 Å². The normalized spacial score (nSPS) is 50.0. The monoisotopic (exact) mass is 415 g/mol. The average molecular weight is 416 g/mol. The summed E-state index contributed by atoms with van der Waals surface area (Å²) in [6.45, 7) is 6.84. The Kier molecular flexibility index (Phi) is 4.76. The van der Waals surface area contributed by atoms with Crippen molar-refractivity contribution < 1.29 is 18.7 Å². The zero-order chi connectivity index (χ0) is 21.3. The van der Waals surface area contributed by atoms with Crippen LogP contribution in [-0.4, -0.2) is 24.0 Å². The number of carbonyl (C=O) groups excluding carboxylic acids is 2. The lowest BCUT2D eigenvalue weighted by Gasteiger charge is -2.61. The molecule has 30 heavy (non-hydrogen) atoms. The fraction of sp³-hybridized carbons (Fsp3) is 0.846. The summed E-state index contributed by atoms with van der Waals surface area (Å²) >= 11 is 0. The zero-order valence-corrected chi connectivity index (χ0v) is 18.8. The highest BCUT2D eigenvalue weighted by molar-refractivity contribution is 5.91. The number of fused-ring (bicyclic) bond motifs is 6. The largest absolute Gasteiger partial charge is 0.458 e. The van der Waals surface area contributed by atoms with Gasteiger partial charge in [0.2, 0.25) is 0 Å². The zero-order valence-electron chi connectivity index (χ0n) is 18.8. The highest BCUT2D eigenvalue weighted by Gasteiger charge is 2.70. The first-order chi connectivity index (χ1) is 14.2. The van der Waals surface area contributed by atoms with Crippen LogP contribution in [0.3, 0.4) is 0 Å². The van der Waals surface area contributed by atoms with E-state index in [9.17, 15) is 14.0 Å². The minimum atomic E-state index is -0.302. The van der Waals surface area contributed by atoms with E-state index in [0.29, 0.717) is 48.9 Å². The van der Waals surface area contributed by atoms with Crippen LogP contribution >= 0.6 is 0 Å². The Hall–Kier alpha value is -1.19. The van der Waals surface area contributed by atoms with E-state index in [1.54, 1.807) is 0 Å². The van der Waals surface area contributed by atoms with Gasteiger partial charge in [-0.25, -0.2) is 0 Å². The number of hydrogen-bond acceptors (Lipinski definition) is 3. The van der Waals surface area contributed by atoms with Gasteiger partial charge in [0.15, 0.2) is 5.78 Å². The van der Waals surface area contributed by atoms with Crippen LogP contribution in [-0.2, 0) is 14.3 Å². The minimum absolute atomic E-state index is 0.0218. The molecule has 1 heterocycles. The molecular formula is C26H37FO3. The molecule has 5 aliphatic rings. The first kappa shape index (κ1) is 20.7. The number of allylic oxidation sites excluding steroid dienone is 1. The summed E-state index contributed by atoms with van der Waals surface area (Å²) in [6.07, 6.45) is 10.8. The molecule has 3 saturated carbocycles. The van der Waals surface area contributed by atoms with Gasteiger partial charge in [-0.1, -0.05) is 26.3 Å². The van der Waals surface area contributed by atoms with Crippen LogP contribution in [0.1, 0.15) is 85.0 Å². The third-order valence-electron chi connectivity index (χ3n) is 10.6. The Morgan fingerprint density at radius 1 is 1.13 bits per heavy atom. The number of hydrogen-bond donors (Lipinski definition) is 0. The van der Waals surface area contributed by atoms with Crippen molar-refractivity contribution in [2.45, 2.75) is 90.6 Å². The average Bonchev–Trinajstić information content (AvgIpc) is 3.21. The Morgan fingerprint density at radius 2 is 1.93 bits per heavy atom. The standard InChI is InChI=1S/C26H37FO3/c1-16-13-21-23-17(5-4-12-27)14-18-15-19(28)6-9-24(18,2)20(23)7-10-25(21,3)26(16)11-8-22(29)30-26/h15-17,20-21,23H,4-14H2,1-3H3/t16-,17-,20?,21?,23?,24+,25+,26+/m1/s1/i27-1. The van der Waals surface area contributed by atoms with Gasteiger partial charge in [0, 0.05) is 18.3 Å². The summed E-state index contributed by atoms with van der Waals surface area (Å²) in [5, 5.41) is 0. The third-order valence-corrected chi connectivity index (χ3v) is 10.6. The Morgan fingerprint density at radius 3 is 2.63 bits per heavy atom. The molecule has 4 fully saturated rings.